The molecule has 0 aromatic rings. The molecule has 0 radical (unpaired) electrons. The number of hydrogen-bond donors (Lipinski definition) is 3. The number of carbonyl (C=O) groups excluding carboxylic acids is 1. The minimum atomic E-state index is -0.0623. The molecular formula is C9H20N2O2. The lowest BCUT2D eigenvalue weighted by Gasteiger charge is -2.25. The molecule has 4 heteroatoms. The number of rotatable bonds is 6. The number of aliphatic hydroxyl groups is 1. The molecule has 0 rings (SSSR count). The Kier molecular flexibility index (Phi) is 5.66. The molecule has 0 bridgehead atoms. The monoisotopic (exact) mass is 188 g/mol. The van der Waals surface area contributed by atoms with E-state index in [9.17, 15) is 4.79 Å². The van der Waals surface area contributed by atoms with Gasteiger partial charge >= 0.3 is 0 Å². The second-order valence-corrected chi connectivity index (χ2v) is 3.77. The van der Waals surface area contributed by atoms with Gasteiger partial charge in [-0.2, -0.15) is 0 Å². The van der Waals surface area contributed by atoms with E-state index in [-0.39, 0.29) is 18.1 Å². The predicted molar refractivity (Wildman–Crippen MR) is 52.5 cm³/mol. The zero-order chi connectivity index (χ0) is 10.3. The molecule has 0 aliphatic carbocycles. The van der Waals surface area contributed by atoms with Crippen LogP contribution in [-0.4, -0.2) is 36.2 Å². The maximum absolute atomic E-state index is 10.5. The van der Waals surface area contributed by atoms with Crippen LogP contribution >= 0.6 is 0 Å². The van der Waals surface area contributed by atoms with Crippen LogP contribution in [0, 0.1) is 0 Å². The average molecular weight is 188 g/mol. The standard InChI is InChI=1S/C9H20N2O2/c1-8(13)10-5-6-11-9(2,3)4-7-12/h11-12H,4-7H2,1-3H3,(H,10,13). The Balaban J connectivity index is 3.45. The van der Waals surface area contributed by atoms with Gasteiger partial charge in [-0.05, 0) is 20.3 Å². The van der Waals surface area contributed by atoms with Gasteiger partial charge in [0.05, 0.1) is 0 Å². The Bertz CT molecular complexity index is 158. The molecule has 0 atom stereocenters. The summed E-state index contributed by atoms with van der Waals surface area (Å²) < 4.78 is 0. The molecule has 0 aromatic heterocycles. The van der Waals surface area contributed by atoms with Crippen LogP contribution in [0.3, 0.4) is 0 Å². The van der Waals surface area contributed by atoms with Crippen LogP contribution in [0.15, 0.2) is 0 Å². The number of hydrogen-bond acceptors (Lipinski definition) is 3. The number of nitrogens with one attached hydrogen (secondary N) is 2. The second-order valence-electron chi connectivity index (χ2n) is 3.77. The zero-order valence-electron chi connectivity index (χ0n) is 8.68. The van der Waals surface area contributed by atoms with Crippen molar-refractivity contribution in [2.45, 2.75) is 32.7 Å². The largest absolute Gasteiger partial charge is 0.396 e. The smallest absolute Gasteiger partial charge is 0.216 e. The van der Waals surface area contributed by atoms with Crippen molar-refractivity contribution in [1.29, 1.82) is 0 Å². The van der Waals surface area contributed by atoms with Crippen molar-refractivity contribution in [3.8, 4) is 0 Å². The van der Waals surface area contributed by atoms with Crippen molar-refractivity contribution in [3.63, 3.8) is 0 Å². The summed E-state index contributed by atoms with van der Waals surface area (Å²) >= 11 is 0. The Morgan fingerprint density at radius 1 is 1.38 bits per heavy atom. The Labute approximate surface area is 79.7 Å². The van der Waals surface area contributed by atoms with Gasteiger partial charge < -0.3 is 15.7 Å². The normalized spacial score (nSPS) is 11.4. The maximum Gasteiger partial charge on any atom is 0.216 e. The highest BCUT2D eigenvalue weighted by Gasteiger charge is 2.14. The molecule has 0 aliphatic rings. The molecule has 0 spiro atoms. The third-order valence-corrected chi connectivity index (χ3v) is 1.84. The highest BCUT2D eigenvalue weighted by atomic mass is 16.3. The van der Waals surface area contributed by atoms with Gasteiger partial charge in [0.1, 0.15) is 0 Å². The first-order valence-electron chi connectivity index (χ1n) is 4.58. The fourth-order valence-corrected chi connectivity index (χ4v) is 1.01. The zero-order valence-corrected chi connectivity index (χ0v) is 8.68. The fraction of sp³-hybridized carbons (Fsp3) is 0.889. The summed E-state index contributed by atoms with van der Waals surface area (Å²) in [4.78, 5) is 10.5. The fourth-order valence-electron chi connectivity index (χ4n) is 1.01. The first-order valence-corrected chi connectivity index (χ1v) is 4.58. The van der Waals surface area contributed by atoms with Crippen molar-refractivity contribution < 1.29 is 9.90 Å². The second kappa shape index (κ2) is 5.94. The van der Waals surface area contributed by atoms with E-state index in [1.165, 1.54) is 6.92 Å². The van der Waals surface area contributed by atoms with Crippen LogP contribution in [0.25, 0.3) is 0 Å². The third-order valence-electron chi connectivity index (χ3n) is 1.84. The van der Waals surface area contributed by atoms with Crippen LogP contribution in [0.2, 0.25) is 0 Å². The highest BCUT2D eigenvalue weighted by molar-refractivity contribution is 5.72. The summed E-state index contributed by atoms with van der Waals surface area (Å²) in [5, 5.41) is 14.7. The Morgan fingerprint density at radius 2 is 2.00 bits per heavy atom. The first kappa shape index (κ1) is 12.4. The van der Waals surface area contributed by atoms with Gasteiger partial charge in [-0.25, -0.2) is 0 Å². The molecule has 0 saturated heterocycles. The third kappa shape index (κ3) is 7.74. The van der Waals surface area contributed by atoms with E-state index >= 15 is 0 Å². The molecule has 0 fully saturated rings. The van der Waals surface area contributed by atoms with E-state index in [4.69, 9.17) is 5.11 Å². The summed E-state index contributed by atoms with van der Waals surface area (Å²) in [7, 11) is 0. The molecule has 3 N–H and O–H groups in total. The number of carbonyl (C=O) groups is 1. The molecule has 4 nitrogen and oxygen atoms in total. The van der Waals surface area contributed by atoms with E-state index in [1.54, 1.807) is 0 Å². The maximum atomic E-state index is 10.5. The minimum Gasteiger partial charge on any atom is -0.396 e. The van der Waals surface area contributed by atoms with Crippen LogP contribution in [0.4, 0.5) is 0 Å². The van der Waals surface area contributed by atoms with E-state index in [1.807, 2.05) is 13.8 Å². The first-order chi connectivity index (χ1) is 5.98. The summed E-state index contributed by atoms with van der Waals surface area (Å²) in [6.45, 7) is 7.09. The Hall–Kier alpha value is -0.610. The van der Waals surface area contributed by atoms with Crippen molar-refractivity contribution in [3.05, 3.63) is 0 Å². The summed E-state index contributed by atoms with van der Waals surface area (Å²) in [5.41, 5.74) is -0.0623. The van der Waals surface area contributed by atoms with Crippen LogP contribution in [-0.2, 0) is 4.79 Å². The van der Waals surface area contributed by atoms with Crippen LogP contribution in [0.1, 0.15) is 27.2 Å². The molecule has 1 amide bonds. The lowest BCUT2D eigenvalue weighted by atomic mass is 10.0. The van der Waals surface area contributed by atoms with Crippen molar-refractivity contribution >= 4 is 5.91 Å². The molecule has 0 aliphatic heterocycles. The summed E-state index contributed by atoms with van der Waals surface area (Å²) in [6, 6.07) is 0. The van der Waals surface area contributed by atoms with Gasteiger partial charge in [0.25, 0.3) is 0 Å². The van der Waals surface area contributed by atoms with E-state index in [0.29, 0.717) is 13.0 Å². The van der Waals surface area contributed by atoms with Gasteiger partial charge in [0.15, 0.2) is 0 Å². The molecule has 78 valence electrons. The number of aliphatic hydroxyl groups excluding tert-OH is 1. The molecule has 0 saturated carbocycles. The van der Waals surface area contributed by atoms with Gasteiger partial charge in [-0.3, -0.25) is 4.79 Å². The summed E-state index contributed by atoms with van der Waals surface area (Å²) in [6.07, 6.45) is 0.715. The topological polar surface area (TPSA) is 61.4 Å². The average Bonchev–Trinajstić information content (AvgIpc) is 1.98. The van der Waals surface area contributed by atoms with Gasteiger partial charge in [-0.15, -0.1) is 0 Å². The van der Waals surface area contributed by atoms with Gasteiger partial charge in [0.2, 0.25) is 5.91 Å². The molecule has 13 heavy (non-hydrogen) atoms. The quantitative estimate of drug-likeness (QED) is 0.509. The van der Waals surface area contributed by atoms with E-state index < -0.39 is 0 Å². The molecule has 0 unspecified atom stereocenters. The molecule has 0 heterocycles. The predicted octanol–water partition coefficient (Wildman–Crippen LogP) is -0.127. The van der Waals surface area contributed by atoms with E-state index in [2.05, 4.69) is 10.6 Å². The Morgan fingerprint density at radius 3 is 2.46 bits per heavy atom. The van der Waals surface area contributed by atoms with Crippen LogP contribution in [0.5, 0.6) is 0 Å². The minimum absolute atomic E-state index is 0.0123. The van der Waals surface area contributed by atoms with Gasteiger partial charge in [-0.1, -0.05) is 0 Å². The lowest BCUT2D eigenvalue weighted by Crippen LogP contribution is -2.43. The summed E-state index contributed by atoms with van der Waals surface area (Å²) in [5.74, 6) is -0.0123. The van der Waals surface area contributed by atoms with Crippen molar-refractivity contribution in [1.82, 2.24) is 10.6 Å². The van der Waals surface area contributed by atoms with Gasteiger partial charge in [0, 0.05) is 32.2 Å². The number of amides is 1. The highest BCUT2D eigenvalue weighted by Crippen LogP contribution is 2.05. The molecule has 0 aromatic carbocycles. The van der Waals surface area contributed by atoms with Crippen molar-refractivity contribution in [2.75, 3.05) is 19.7 Å². The van der Waals surface area contributed by atoms with E-state index in [0.717, 1.165) is 6.54 Å². The molecular weight excluding hydrogens is 168 g/mol. The lowest BCUT2D eigenvalue weighted by molar-refractivity contribution is -0.118. The van der Waals surface area contributed by atoms with Crippen LogP contribution < -0.4 is 10.6 Å². The SMILES string of the molecule is CC(=O)NCCNC(C)(C)CCO. The van der Waals surface area contributed by atoms with Crippen molar-refractivity contribution in [2.24, 2.45) is 0 Å².